The molecule has 0 fully saturated rings. The molecule has 9 aromatic rings. The molecule has 0 spiro atoms. The van der Waals surface area contributed by atoms with Crippen molar-refractivity contribution in [1.29, 1.82) is 0 Å². The van der Waals surface area contributed by atoms with Gasteiger partial charge in [-0.1, -0.05) is 160 Å². The molecule has 7 heteroatoms. The second kappa shape index (κ2) is 19.2. The third-order valence-corrected chi connectivity index (χ3v) is 13.4. The van der Waals surface area contributed by atoms with Crippen LogP contribution in [0.4, 0.5) is 5.69 Å². The number of hydrogen-bond donors (Lipinski definition) is 1. The van der Waals surface area contributed by atoms with Crippen LogP contribution in [-0.2, 0) is 12.8 Å². The van der Waals surface area contributed by atoms with E-state index in [1.165, 1.54) is 65.7 Å². The first-order valence-corrected chi connectivity index (χ1v) is 22.0. The van der Waals surface area contributed by atoms with E-state index in [9.17, 15) is 0 Å². The smallest absolute Gasteiger partial charge is 0.0417 e. The minimum atomic E-state index is 0.777. The minimum Gasteiger partial charge on any atom is -0.399 e. The summed E-state index contributed by atoms with van der Waals surface area (Å²) < 4.78 is 3.33. The SMILES string of the molecule is Clc1ccc(Br)c(Cc2ccc3ccccc3c2)c1.Clc1ccc(Br)c(I)c1.Clc1ccc2c(c1)Cc1cc3ccccc3cc1-2.Nc1ccc2ccccc2c1. The first-order chi connectivity index (χ1) is 27.6. The number of hydrogen-bond acceptors (Lipinski definition) is 1. The minimum absolute atomic E-state index is 0.777. The Labute approximate surface area is 379 Å². The Morgan fingerprint density at radius 3 is 1.61 bits per heavy atom. The Hall–Kier alpha value is -3.88. The molecule has 1 aliphatic rings. The van der Waals surface area contributed by atoms with E-state index in [0.29, 0.717) is 0 Å². The average molecular weight is 1040 g/mol. The molecule has 0 aliphatic heterocycles. The van der Waals surface area contributed by atoms with Crippen molar-refractivity contribution >= 4 is 127 Å². The first kappa shape index (κ1) is 41.3. The third-order valence-electron chi connectivity index (χ3n) is 9.58. The Bertz CT molecular complexity index is 2860. The summed E-state index contributed by atoms with van der Waals surface area (Å²) in [6.45, 7) is 0. The topological polar surface area (TPSA) is 26.0 Å². The largest absolute Gasteiger partial charge is 0.399 e. The van der Waals surface area contributed by atoms with Gasteiger partial charge >= 0.3 is 0 Å². The predicted molar refractivity (Wildman–Crippen MR) is 263 cm³/mol. The van der Waals surface area contributed by atoms with Crippen LogP contribution in [0.25, 0.3) is 43.4 Å². The van der Waals surface area contributed by atoms with Crippen LogP contribution in [-0.4, -0.2) is 0 Å². The summed E-state index contributed by atoms with van der Waals surface area (Å²) in [7, 11) is 0. The number of nitrogens with two attached hydrogens (primary N) is 1. The van der Waals surface area contributed by atoms with Crippen molar-refractivity contribution < 1.29 is 0 Å². The fraction of sp³-hybridized carbons (Fsp3) is 0.0400. The summed E-state index contributed by atoms with van der Waals surface area (Å²) >= 11 is 27.0. The van der Waals surface area contributed by atoms with Gasteiger partial charge in [0, 0.05) is 33.3 Å². The molecule has 1 nitrogen and oxygen atoms in total. The van der Waals surface area contributed by atoms with Gasteiger partial charge in [0.05, 0.1) is 0 Å². The number of fused-ring (bicyclic) bond motifs is 6. The Morgan fingerprint density at radius 2 is 0.965 bits per heavy atom. The van der Waals surface area contributed by atoms with Crippen molar-refractivity contribution in [2.75, 3.05) is 5.73 Å². The molecule has 10 rings (SSSR count). The van der Waals surface area contributed by atoms with E-state index in [0.717, 1.165) is 46.1 Å². The van der Waals surface area contributed by atoms with Gasteiger partial charge in [-0.15, -0.1) is 0 Å². The number of rotatable bonds is 2. The highest BCUT2D eigenvalue weighted by Crippen LogP contribution is 2.40. The normalized spacial score (nSPS) is 11.1. The molecule has 0 amide bonds. The molecule has 2 N–H and O–H groups in total. The highest BCUT2D eigenvalue weighted by molar-refractivity contribution is 14.1. The van der Waals surface area contributed by atoms with E-state index in [-0.39, 0.29) is 0 Å². The summed E-state index contributed by atoms with van der Waals surface area (Å²) in [6, 6.07) is 60.0. The number of halogens is 6. The standard InChI is InChI=1S/C17H12BrCl.C17H11Cl.C10H9N.C6H3BrClI/c18-17-8-7-16(19)11-15(17)10-12-5-6-13-3-1-2-4-14(13)9-12;18-15-5-6-16-14(9-15)8-13-7-11-3-1-2-4-12(11)10-17(13)16;11-10-6-5-8-3-1-2-4-9(8)7-10;7-5-2-1-4(8)3-6(5)9/h1-9,11H,10H2;1-7,9-10H,8H2;1-7H,11H2;1-3H. The quantitative estimate of drug-likeness (QED) is 0.104. The average Bonchev–Trinajstić information content (AvgIpc) is 3.56. The lowest BCUT2D eigenvalue weighted by Crippen LogP contribution is -1.90. The second-order valence-corrected chi connectivity index (χ2v) is 17.8. The zero-order valence-electron chi connectivity index (χ0n) is 30.5. The second-order valence-electron chi connectivity index (χ2n) is 13.6. The third kappa shape index (κ3) is 10.8. The summed E-state index contributed by atoms with van der Waals surface area (Å²) in [5.74, 6) is 0. The van der Waals surface area contributed by atoms with Crippen LogP contribution in [0.3, 0.4) is 0 Å². The van der Waals surface area contributed by atoms with E-state index < -0.39 is 0 Å². The molecule has 1 aliphatic carbocycles. The fourth-order valence-electron chi connectivity index (χ4n) is 6.79. The highest BCUT2D eigenvalue weighted by Gasteiger charge is 2.19. The maximum Gasteiger partial charge on any atom is 0.0417 e. The molecule has 0 bridgehead atoms. The molecule has 0 saturated heterocycles. The van der Waals surface area contributed by atoms with Gasteiger partial charge in [0.1, 0.15) is 0 Å². The van der Waals surface area contributed by atoms with Crippen LogP contribution in [0.5, 0.6) is 0 Å². The van der Waals surface area contributed by atoms with Gasteiger partial charge in [-0.25, -0.2) is 0 Å². The molecule has 57 heavy (non-hydrogen) atoms. The van der Waals surface area contributed by atoms with Crippen molar-refractivity contribution in [1.82, 2.24) is 0 Å². The summed E-state index contributed by atoms with van der Waals surface area (Å²) in [5.41, 5.74) is 14.4. The van der Waals surface area contributed by atoms with Crippen LogP contribution in [0.2, 0.25) is 15.1 Å². The van der Waals surface area contributed by atoms with E-state index in [4.69, 9.17) is 40.5 Å². The van der Waals surface area contributed by atoms with E-state index in [1.54, 1.807) is 0 Å². The van der Waals surface area contributed by atoms with Crippen molar-refractivity contribution in [3.63, 3.8) is 0 Å². The number of nitrogen functional groups attached to an aromatic ring is 1. The lowest BCUT2D eigenvalue weighted by Gasteiger charge is -2.07. The van der Waals surface area contributed by atoms with Crippen molar-refractivity contribution in [2.24, 2.45) is 0 Å². The monoisotopic (exact) mass is 1040 g/mol. The van der Waals surface area contributed by atoms with Gasteiger partial charge in [0.25, 0.3) is 0 Å². The summed E-state index contributed by atoms with van der Waals surface area (Å²) in [5, 5.41) is 9.99. The molecule has 282 valence electrons. The lowest BCUT2D eigenvalue weighted by atomic mass is 10.0. The zero-order valence-corrected chi connectivity index (χ0v) is 38.1. The van der Waals surface area contributed by atoms with E-state index >= 15 is 0 Å². The van der Waals surface area contributed by atoms with Crippen LogP contribution in [0, 0.1) is 3.57 Å². The predicted octanol–water partition coefficient (Wildman–Crippen LogP) is 17.0. The summed E-state index contributed by atoms with van der Waals surface area (Å²) in [6.07, 6.45) is 1.88. The van der Waals surface area contributed by atoms with Crippen LogP contribution < -0.4 is 5.73 Å². The molecular formula is C50H35Br2Cl3IN. The highest BCUT2D eigenvalue weighted by atomic mass is 127. The van der Waals surface area contributed by atoms with Gasteiger partial charge in [-0.3, -0.25) is 0 Å². The Kier molecular flexibility index (Phi) is 13.9. The maximum atomic E-state index is 6.07. The van der Waals surface area contributed by atoms with E-state index in [2.05, 4.69) is 158 Å². The Morgan fingerprint density at radius 1 is 0.456 bits per heavy atom. The number of anilines is 1. The van der Waals surface area contributed by atoms with Gasteiger partial charge in [-0.2, -0.15) is 0 Å². The zero-order chi connectivity index (χ0) is 39.9. The molecule has 0 radical (unpaired) electrons. The molecule has 0 saturated carbocycles. The van der Waals surface area contributed by atoms with Gasteiger partial charge in [0.15, 0.2) is 0 Å². The first-order valence-electron chi connectivity index (χ1n) is 18.2. The number of benzene rings is 9. The van der Waals surface area contributed by atoms with Gasteiger partial charge < -0.3 is 5.73 Å². The molecule has 9 aromatic carbocycles. The lowest BCUT2D eigenvalue weighted by molar-refractivity contribution is 1.19. The molecule has 0 aromatic heterocycles. The Balaban J connectivity index is 0.000000121. The molecule has 0 atom stereocenters. The van der Waals surface area contributed by atoms with Gasteiger partial charge in [0.2, 0.25) is 0 Å². The van der Waals surface area contributed by atoms with Crippen LogP contribution in [0.1, 0.15) is 22.3 Å². The van der Waals surface area contributed by atoms with Crippen molar-refractivity contribution in [3.8, 4) is 11.1 Å². The summed E-state index contributed by atoms with van der Waals surface area (Å²) in [4.78, 5) is 0. The van der Waals surface area contributed by atoms with Gasteiger partial charge in [-0.05, 0) is 184 Å². The van der Waals surface area contributed by atoms with Crippen LogP contribution >= 0.6 is 89.3 Å². The molecule has 0 unspecified atom stereocenters. The molecule has 0 heterocycles. The maximum absolute atomic E-state index is 6.07. The van der Waals surface area contributed by atoms with E-state index in [1.807, 2.05) is 72.8 Å². The van der Waals surface area contributed by atoms with Crippen molar-refractivity contribution in [2.45, 2.75) is 12.8 Å². The fourth-order valence-corrected chi connectivity index (χ4v) is 8.68. The van der Waals surface area contributed by atoms with Crippen molar-refractivity contribution in [3.05, 3.63) is 226 Å². The molecular weight excluding hydrogens is 1010 g/mol. The van der Waals surface area contributed by atoms with Crippen LogP contribution in [0.15, 0.2) is 185 Å².